The lowest BCUT2D eigenvalue weighted by Gasteiger charge is -2.01. The van der Waals surface area contributed by atoms with Crippen LogP contribution in [0.2, 0.25) is 5.02 Å². The number of phenols is 1. The highest BCUT2D eigenvalue weighted by Gasteiger charge is 2.29. The summed E-state index contributed by atoms with van der Waals surface area (Å²) in [5.41, 5.74) is 1.96. The molecule has 2 aromatic rings. The first-order valence-corrected chi connectivity index (χ1v) is 6.69. The summed E-state index contributed by atoms with van der Waals surface area (Å²) in [7, 11) is 1.42. The fourth-order valence-corrected chi connectivity index (χ4v) is 2.14. The van der Waals surface area contributed by atoms with E-state index in [4.69, 9.17) is 11.6 Å². The van der Waals surface area contributed by atoms with Gasteiger partial charge in [-0.3, -0.25) is 19.6 Å². The summed E-state index contributed by atoms with van der Waals surface area (Å²) in [6.07, 6.45) is 1.17. The molecule has 0 saturated carbocycles. The van der Waals surface area contributed by atoms with Gasteiger partial charge in [-0.05, 0) is 25.1 Å². The number of carbonyl (C=O) groups is 1. The Morgan fingerprint density at radius 1 is 1.57 bits per heavy atom. The minimum absolute atomic E-state index is 0.0743. The molecule has 1 heterocycles. The molecule has 120 valence electrons. The summed E-state index contributed by atoms with van der Waals surface area (Å²) < 4.78 is 1.11. The maximum absolute atomic E-state index is 12.1. The second-order valence-electron chi connectivity index (χ2n) is 4.57. The minimum atomic E-state index is -0.794. The molecule has 0 saturated heterocycles. The number of aromatic hydroxyl groups is 1. The molecule has 0 atom stereocenters. The molecule has 0 fully saturated rings. The average Bonchev–Trinajstić information content (AvgIpc) is 2.77. The van der Waals surface area contributed by atoms with Crippen molar-refractivity contribution in [3.63, 3.8) is 0 Å². The fraction of sp³-hybridized carbons (Fsp3) is 0.154. The number of phenolic OH excluding ortho intramolecular Hbond substituents is 1. The lowest BCUT2D eigenvalue weighted by atomic mass is 10.2. The van der Waals surface area contributed by atoms with E-state index < -0.39 is 10.8 Å². The van der Waals surface area contributed by atoms with Crippen molar-refractivity contribution in [2.45, 2.75) is 6.92 Å². The van der Waals surface area contributed by atoms with Crippen molar-refractivity contribution in [1.29, 1.82) is 0 Å². The lowest BCUT2D eigenvalue weighted by Crippen LogP contribution is -2.22. The number of aryl methyl sites for hydroxylation is 2. The first kappa shape index (κ1) is 16.4. The Hall–Kier alpha value is -2.94. The second kappa shape index (κ2) is 6.44. The molecule has 0 bridgehead atoms. The molecule has 2 N–H and O–H groups in total. The van der Waals surface area contributed by atoms with Crippen LogP contribution in [-0.2, 0) is 7.05 Å². The van der Waals surface area contributed by atoms with Crippen molar-refractivity contribution in [3.05, 3.63) is 50.3 Å². The summed E-state index contributed by atoms with van der Waals surface area (Å²) >= 11 is 5.79. The zero-order chi connectivity index (χ0) is 17.1. The van der Waals surface area contributed by atoms with Gasteiger partial charge in [0.15, 0.2) is 0 Å². The number of carbonyl (C=O) groups excluding carboxylic acids is 1. The van der Waals surface area contributed by atoms with Crippen molar-refractivity contribution in [1.82, 2.24) is 15.2 Å². The van der Waals surface area contributed by atoms with Crippen molar-refractivity contribution in [2.75, 3.05) is 0 Å². The quantitative estimate of drug-likeness (QED) is 0.500. The standard InChI is InChI=1S/C13H12ClN5O4/c1-7-11(19(22)23)12(18(2)17-7)13(21)16-15-6-8-5-9(14)3-4-10(8)20/h3-6,20H,1-2H3,(H,16,21)/b15-6-. The molecule has 1 aromatic carbocycles. The second-order valence-corrected chi connectivity index (χ2v) is 5.00. The van der Waals surface area contributed by atoms with Crippen LogP contribution in [0.3, 0.4) is 0 Å². The molecule has 0 aliphatic rings. The Bertz CT molecular complexity index is 815. The van der Waals surface area contributed by atoms with Crippen LogP contribution < -0.4 is 5.43 Å². The normalized spacial score (nSPS) is 10.9. The first-order chi connectivity index (χ1) is 10.8. The molecule has 0 radical (unpaired) electrons. The average molecular weight is 338 g/mol. The van der Waals surface area contributed by atoms with Crippen LogP contribution >= 0.6 is 11.6 Å². The van der Waals surface area contributed by atoms with Crippen molar-refractivity contribution < 1.29 is 14.8 Å². The highest BCUT2D eigenvalue weighted by molar-refractivity contribution is 6.30. The van der Waals surface area contributed by atoms with Crippen molar-refractivity contribution in [2.24, 2.45) is 12.1 Å². The third kappa shape index (κ3) is 3.46. The number of halogens is 1. The largest absolute Gasteiger partial charge is 0.507 e. The van der Waals surface area contributed by atoms with Crippen LogP contribution in [0.1, 0.15) is 21.7 Å². The number of hydrogen-bond donors (Lipinski definition) is 2. The third-order valence-corrected chi connectivity index (χ3v) is 3.18. The number of hydrazone groups is 1. The number of nitrogens with zero attached hydrogens (tertiary/aromatic N) is 4. The Balaban J connectivity index is 2.22. The van der Waals surface area contributed by atoms with E-state index in [1.807, 2.05) is 0 Å². The molecule has 1 aromatic heterocycles. The topological polar surface area (TPSA) is 123 Å². The zero-order valence-electron chi connectivity index (χ0n) is 12.1. The van der Waals surface area contributed by atoms with Gasteiger partial charge in [-0.2, -0.15) is 10.2 Å². The molecule has 1 amide bonds. The number of nitro groups is 1. The number of nitrogens with one attached hydrogen (secondary N) is 1. The van der Waals surface area contributed by atoms with E-state index in [2.05, 4.69) is 15.6 Å². The van der Waals surface area contributed by atoms with Gasteiger partial charge in [0.25, 0.3) is 5.91 Å². The molecule has 10 heteroatoms. The zero-order valence-corrected chi connectivity index (χ0v) is 12.9. The Morgan fingerprint density at radius 2 is 2.26 bits per heavy atom. The summed E-state index contributed by atoms with van der Waals surface area (Å²) in [6.45, 7) is 1.43. The molecule has 9 nitrogen and oxygen atoms in total. The number of hydrogen-bond acceptors (Lipinski definition) is 6. The smallest absolute Gasteiger partial charge is 0.322 e. The van der Waals surface area contributed by atoms with Crippen LogP contribution in [0.4, 0.5) is 5.69 Å². The van der Waals surface area contributed by atoms with E-state index in [0.29, 0.717) is 5.02 Å². The number of amides is 1. The molecule has 0 spiro atoms. The van der Waals surface area contributed by atoms with E-state index in [0.717, 1.165) is 4.68 Å². The monoisotopic (exact) mass is 337 g/mol. The van der Waals surface area contributed by atoms with Gasteiger partial charge in [0.2, 0.25) is 5.69 Å². The van der Waals surface area contributed by atoms with E-state index in [9.17, 15) is 20.0 Å². The van der Waals surface area contributed by atoms with Gasteiger partial charge in [0, 0.05) is 17.6 Å². The Morgan fingerprint density at radius 3 is 2.91 bits per heavy atom. The molecule has 23 heavy (non-hydrogen) atoms. The third-order valence-electron chi connectivity index (χ3n) is 2.95. The van der Waals surface area contributed by atoms with Gasteiger partial charge in [0.1, 0.15) is 11.4 Å². The number of aromatic nitrogens is 2. The van der Waals surface area contributed by atoms with Crippen LogP contribution in [-0.4, -0.2) is 31.9 Å². The van der Waals surface area contributed by atoms with Gasteiger partial charge in [0.05, 0.1) is 11.1 Å². The van der Waals surface area contributed by atoms with Gasteiger partial charge < -0.3 is 5.11 Å². The Kier molecular flexibility index (Phi) is 4.60. The van der Waals surface area contributed by atoms with Crippen molar-refractivity contribution in [3.8, 4) is 5.75 Å². The van der Waals surface area contributed by atoms with Crippen LogP contribution in [0.5, 0.6) is 5.75 Å². The molecular weight excluding hydrogens is 326 g/mol. The highest BCUT2D eigenvalue weighted by atomic mass is 35.5. The van der Waals surface area contributed by atoms with Crippen molar-refractivity contribution >= 4 is 29.4 Å². The van der Waals surface area contributed by atoms with E-state index in [1.165, 1.54) is 38.4 Å². The van der Waals surface area contributed by atoms with E-state index >= 15 is 0 Å². The molecule has 0 aliphatic carbocycles. The highest BCUT2D eigenvalue weighted by Crippen LogP contribution is 2.22. The van der Waals surface area contributed by atoms with E-state index in [1.54, 1.807) is 0 Å². The van der Waals surface area contributed by atoms with Gasteiger partial charge >= 0.3 is 5.69 Å². The summed E-state index contributed by atoms with van der Waals surface area (Å²) in [6, 6.07) is 4.32. The number of rotatable bonds is 4. The van der Waals surface area contributed by atoms with Crippen LogP contribution in [0, 0.1) is 17.0 Å². The Labute approximate surface area is 135 Å². The van der Waals surface area contributed by atoms with E-state index in [-0.39, 0.29) is 28.4 Å². The van der Waals surface area contributed by atoms with Gasteiger partial charge in [-0.15, -0.1) is 0 Å². The SMILES string of the molecule is Cc1nn(C)c(C(=O)N/N=C\c2cc(Cl)ccc2O)c1[N+](=O)[O-]. The summed E-state index contributed by atoms with van der Waals surface area (Å²) in [5, 5.41) is 28.5. The maximum atomic E-state index is 12.1. The maximum Gasteiger partial charge on any atom is 0.322 e. The predicted molar refractivity (Wildman–Crippen MR) is 82.8 cm³/mol. The van der Waals surface area contributed by atoms with Gasteiger partial charge in [-0.25, -0.2) is 5.43 Å². The first-order valence-electron chi connectivity index (χ1n) is 6.31. The van der Waals surface area contributed by atoms with Crippen LogP contribution in [0.15, 0.2) is 23.3 Å². The predicted octanol–water partition coefficient (Wildman–Crippen LogP) is 1.76. The molecular formula is C13H12ClN5O4. The number of benzene rings is 1. The molecule has 2 rings (SSSR count). The van der Waals surface area contributed by atoms with Gasteiger partial charge in [-0.1, -0.05) is 11.6 Å². The lowest BCUT2D eigenvalue weighted by molar-refractivity contribution is -0.385. The summed E-state index contributed by atoms with van der Waals surface area (Å²) in [4.78, 5) is 22.4. The minimum Gasteiger partial charge on any atom is -0.507 e. The summed E-state index contributed by atoms with van der Waals surface area (Å²) in [5.74, 6) is -0.868. The molecule has 0 unspecified atom stereocenters. The molecule has 0 aliphatic heterocycles. The van der Waals surface area contributed by atoms with Crippen LogP contribution in [0.25, 0.3) is 0 Å². The fourth-order valence-electron chi connectivity index (χ4n) is 1.96.